The van der Waals surface area contributed by atoms with E-state index in [1.807, 2.05) is 19.2 Å². The molecule has 8 nitrogen and oxygen atoms in total. The standard InChI is InChI=1S/C24H29ClN2O6S/c1-5-32-24(31)22-16(10-14(2)3)13-34-23(22)27-20(29)12-33-21(30)11-19(26-15(4)28)17-8-6-7-9-18(17)25/h6-9,13-14,19H,5,10-12H2,1-4H3,(H,26,28)(H,27,29)/t19-/m0/s1. The molecule has 34 heavy (non-hydrogen) atoms. The molecule has 1 aromatic heterocycles. The molecule has 0 aliphatic carbocycles. The fraction of sp³-hybridized carbons (Fsp3) is 0.417. The Balaban J connectivity index is 2.03. The fourth-order valence-electron chi connectivity index (χ4n) is 3.28. The van der Waals surface area contributed by atoms with E-state index in [0.29, 0.717) is 33.5 Å². The van der Waals surface area contributed by atoms with Gasteiger partial charge in [0, 0.05) is 11.9 Å². The predicted molar refractivity (Wildman–Crippen MR) is 131 cm³/mol. The van der Waals surface area contributed by atoms with Crippen LogP contribution >= 0.6 is 22.9 Å². The Hall–Kier alpha value is -2.91. The lowest BCUT2D eigenvalue weighted by Crippen LogP contribution is -2.30. The lowest BCUT2D eigenvalue weighted by molar-refractivity contribution is -0.148. The van der Waals surface area contributed by atoms with Crippen molar-refractivity contribution in [2.75, 3.05) is 18.5 Å². The number of hydrogen-bond acceptors (Lipinski definition) is 7. The molecule has 0 radical (unpaired) electrons. The minimum absolute atomic E-state index is 0.206. The Morgan fingerprint density at radius 2 is 1.82 bits per heavy atom. The van der Waals surface area contributed by atoms with Crippen LogP contribution in [0.25, 0.3) is 0 Å². The van der Waals surface area contributed by atoms with Crippen molar-refractivity contribution >= 4 is 51.7 Å². The van der Waals surface area contributed by atoms with Gasteiger partial charge in [0.2, 0.25) is 5.91 Å². The zero-order valence-electron chi connectivity index (χ0n) is 19.6. The molecule has 10 heteroatoms. The lowest BCUT2D eigenvalue weighted by atomic mass is 10.0. The number of halogens is 1. The van der Waals surface area contributed by atoms with Gasteiger partial charge in [-0.3, -0.25) is 14.4 Å². The highest BCUT2D eigenvalue weighted by Gasteiger charge is 2.24. The van der Waals surface area contributed by atoms with E-state index in [1.165, 1.54) is 18.3 Å². The molecule has 0 aliphatic heterocycles. The van der Waals surface area contributed by atoms with Gasteiger partial charge < -0.3 is 20.1 Å². The number of anilines is 1. The molecule has 0 aliphatic rings. The zero-order chi connectivity index (χ0) is 25.3. The molecule has 184 valence electrons. The SMILES string of the molecule is CCOC(=O)c1c(CC(C)C)csc1NC(=O)COC(=O)C[C@H](NC(C)=O)c1ccccc1Cl. The molecule has 0 spiro atoms. The molecule has 2 amide bonds. The number of amides is 2. The monoisotopic (exact) mass is 508 g/mol. The number of ether oxygens (including phenoxy) is 2. The molecule has 0 bridgehead atoms. The average Bonchev–Trinajstić information content (AvgIpc) is 3.13. The summed E-state index contributed by atoms with van der Waals surface area (Å²) >= 11 is 7.41. The van der Waals surface area contributed by atoms with Crippen LogP contribution in [0.4, 0.5) is 5.00 Å². The Bertz CT molecular complexity index is 1040. The molecule has 2 N–H and O–H groups in total. The summed E-state index contributed by atoms with van der Waals surface area (Å²) in [6.45, 7) is 6.76. The van der Waals surface area contributed by atoms with Gasteiger partial charge in [-0.1, -0.05) is 43.6 Å². The van der Waals surface area contributed by atoms with Crippen LogP contribution in [0.15, 0.2) is 29.6 Å². The van der Waals surface area contributed by atoms with Crippen LogP contribution in [-0.4, -0.2) is 37.0 Å². The molecule has 0 saturated heterocycles. The molecule has 1 aromatic carbocycles. The molecule has 0 unspecified atom stereocenters. The maximum absolute atomic E-state index is 12.5. The lowest BCUT2D eigenvalue weighted by Gasteiger charge is -2.18. The maximum atomic E-state index is 12.5. The van der Waals surface area contributed by atoms with Gasteiger partial charge in [0.25, 0.3) is 5.91 Å². The van der Waals surface area contributed by atoms with Crippen molar-refractivity contribution < 1.29 is 28.7 Å². The first kappa shape index (κ1) is 27.3. The normalized spacial score (nSPS) is 11.6. The summed E-state index contributed by atoms with van der Waals surface area (Å²) in [5, 5.41) is 7.87. The first-order chi connectivity index (χ1) is 16.1. The van der Waals surface area contributed by atoms with E-state index >= 15 is 0 Å². The van der Waals surface area contributed by atoms with E-state index in [-0.39, 0.29) is 18.9 Å². The Morgan fingerprint density at radius 3 is 2.44 bits per heavy atom. The van der Waals surface area contributed by atoms with Crippen LogP contribution in [0.1, 0.15) is 61.6 Å². The molecule has 2 rings (SSSR count). The van der Waals surface area contributed by atoms with Crippen molar-refractivity contribution in [2.24, 2.45) is 5.92 Å². The van der Waals surface area contributed by atoms with E-state index in [4.69, 9.17) is 21.1 Å². The van der Waals surface area contributed by atoms with E-state index < -0.39 is 30.5 Å². The second-order valence-electron chi connectivity index (χ2n) is 7.97. The van der Waals surface area contributed by atoms with Gasteiger partial charge in [-0.25, -0.2) is 4.79 Å². The van der Waals surface area contributed by atoms with E-state index in [1.54, 1.807) is 31.2 Å². The predicted octanol–water partition coefficient (Wildman–Crippen LogP) is 4.53. The topological polar surface area (TPSA) is 111 Å². The van der Waals surface area contributed by atoms with Crippen molar-refractivity contribution in [2.45, 2.75) is 46.6 Å². The van der Waals surface area contributed by atoms with Crippen molar-refractivity contribution in [3.63, 3.8) is 0 Å². The number of rotatable bonds is 11. The summed E-state index contributed by atoms with van der Waals surface area (Å²) < 4.78 is 10.3. The number of hydrogen-bond donors (Lipinski definition) is 2. The van der Waals surface area contributed by atoms with Crippen molar-refractivity contribution in [1.82, 2.24) is 5.32 Å². The van der Waals surface area contributed by atoms with Gasteiger partial charge in [-0.2, -0.15) is 0 Å². The number of nitrogens with one attached hydrogen (secondary N) is 2. The number of benzene rings is 1. The van der Waals surface area contributed by atoms with Crippen LogP contribution in [0, 0.1) is 5.92 Å². The van der Waals surface area contributed by atoms with E-state index in [2.05, 4.69) is 10.6 Å². The highest BCUT2D eigenvalue weighted by Crippen LogP contribution is 2.31. The van der Waals surface area contributed by atoms with Crippen LogP contribution in [-0.2, 0) is 30.3 Å². The third-order valence-electron chi connectivity index (χ3n) is 4.62. The molecule has 0 saturated carbocycles. The quantitative estimate of drug-likeness (QED) is 0.431. The summed E-state index contributed by atoms with van der Waals surface area (Å²) in [7, 11) is 0. The van der Waals surface area contributed by atoms with Crippen LogP contribution in [0.3, 0.4) is 0 Å². The van der Waals surface area contributed by atoms with Gasteiger partial charge >= 0.3 is 11.9 Å². The Morgan fingerprint density at radius 1 is 1.12 bits per heavy atom. The third-order valence-corrected chi connectivity index (χ3v) is 5.91. The van der Waals surface area contributed by atoms with Gasteiger partial charge in [0.05, 0.1) is 24.6 Å². The van der Waals surface area contributed by atoms with Crippen molar-refractivity contribution in [3.8, 4) is 0 Å². The Labute approximate surface area is 208 Å². The number of carbonyl (C=O) groups excluding carboxylic acids is 4. The maximum Gasteiger partial charge on any atom is 0.341 e. The molecule has 1 heterocycles. The van der Waals surface area contributed by atoms with Gasteiger partial charge in [0.15, 0.2) is 6.61 Å². The summed E-state index contributed by atoms with van der Waals surface area (Å²) in [6.07, 6.45) is 0.449. The van der Waals surface area contributed by atoms with Crippen molar-refractivity contribution in [3.05, 3.63) is 51.4 Å². The third kappa shape index (κ3) is 8.14. The summed E-state index contributed by atoms with van der Waals surface area (Å²) in [4.78, 5) is 48.9. The molecular weight excluding hydrogens is 480 g/mol. The number of carbonyl (C=O) groups is 4. The van der Waals surface area contributed by atoms with Gasteiger partial charge in [-0.05, 0) is 41.8 Å². The summed E-state index contributed by atoms with van der Waals surface area (Å²) in [5.74, 6) is -1.82. The molecule has 2 aromatic rings. The summed E-state index contributed by atoms with van der Waals surface area (Å²) in [5.41, 5.74) is 1.68. The van der Waals surface area contributed by atoms with Gasteiger partial charge in [-0.15, -0.1) is 11.3 Å². The van der Waals surface area contributed by atoms with Crippen LogP contribution < -0.4 is 10.6 Å². The number of thiophene rings is 1. The highest BCUT2D eigenvalue weighted by atomic mass is 35.5. The smallest absolute Gasteiger partial charge is 0.341 e. The highest BCUT2D eigenvalue weighted by molar-refractivity contribution is 7.15. The average molecular weight is 509 g/mol. The minimum Gasteiger partial charge on any atom is -0.462 e. The first-order valence-corrected chi connectivity index (χ1v) is 12.1. The minimum atomic E-state index is -0.701. The van der Waals surface area contributed by atoms with E-state index in [9.17, 15) is 19.2 Å². The molecule has 1 atom stereocenters. The van der Waals surface area contributed by atoms with Crippen LogP contribution in [0.5, 0.6) is 0 Å². The fourth-order valence-corrected chi connectivity index (χ4v) is 4.53. The van der Waals surface area contributed by atoms with E-state index in [0.717, 1.165) is 5.56 Å². The largest absolute Gasteiger partial charge is 0.462 e. The second kappa shape index (κ2) is 13.1. The number of esters is 2. The second-order valence-corrected chi connectivity index (χ2v) is 9.26. The first-order valence-electron chi connectivity index (χ1n) is 10.9. The summed E-state index contributed by atoms with van der Waals surface area (Å²) in [6, 6.07) is 6.13. The van der Waals surface area contributed by atoms with Crippen molar-refractivity contribution in [1.29, 1.82) is 0 Å². The molecular formula is C24H29ClN2O6S. The molecule has 0 fully saturated rings. The zero-order valence-corrected chi connectivity index (χ0v) is 21.2. The Kier molecular flexibility index (Phi) is 10.5. The van der Waals surface area contributed by atoms with Gasteiger partial charge in [0.1, 0.15) is 5.00 Å². The van der Waals surface area contributed by atoms with Crippen LogP contribution in [0.2, 0.25) is 5.02 Å².